The first-order chi connectivity index (χ1) is 17.0. The molecular formula is C27H29FN4O3. The van der Waals surface area contributed by atoms with Crippen molar-refractivity contribution in [2.45, 2.75) is 51.2 Å². The van der Waals surface area contributed by atoms with Gasteiger partial charge < -0.3 is 0 Å². The maximum atomic E-state index is 13.3. The van der Waals surface area contributed by atoms with Crippen molar-refractivity contribution in [3.8, 4) is 0 Å². The summed E-state index contributed by atoms with van der Waals surface area (Å²) in [5.74, 6) is 0.130. The van der Waals surface area contributed by atoms with E-state index in [2.05, 4.69) is 9.88 Å². The third-order valence-electron chi connectivity index (χ3n) is 7.27. The van der Waals surface area contributed by atoms with Gasteiger partial charge in [-0.2, -0.15) is 4.98 Å². The molecule has 0 aliphatic carbocycles. The molecule has 7 nitrogen and oxygen atoms in total. The molecule has 1 aromatic heterocycles. The van der Waals surface area contributed by atoms with Gasteiger partial charge in [0.25, 0.3) is 0 Å². The molecule has 8 heteroatoms. The van der Waals surface area contributed by atoms with Gasteiger partial charge in [-0.25, -0.2) is 18.5 Å². The van der Waals surface area contributed by atoms with Crippen LogP contribution in [0.25, 0.3) is 0 Å². The third-order valence-corrected chi connectivity index (χ3v) is 7.27. The van der Waals surface area contributed by atoms with Crippen LogP contribution in [0.2, 0.25) is 0 Å². The first-order valence-electron chi connectivity index (χ1n) is 12.3. The van der Waals surface area contributed by atoms with E-state index in [9.17, 15) is 18.8 Å². The van der Waals surface area contributed by atoms with Crippen LogP contribution in [0.4, 0.5) is 4.39 Å². The highest BCUT2D eigenvalue weighted by atomic mass is 19.1. The van der Waals surface area contributed by atoms with E-state index in [0.717, 1.165) is 18.4 Å². The molecule has 1 unspecified atom stereocenters. The van der Waals surface area contributed by atoms with Gasteiger partial charge in [0.05, 0.1) is 12.6 Å². The molecule has 2 aliphatic rings. The van der Waals surface area contributed by atoms with Gasteiger partial charge in [-0.15, -0.1) is 0 Å². The number of carbonyl (C=O) groups is 1. The molecule has 0 spiro atoms. The second-order valence-corrected chi connectivity index (χ2v) is 9.42. The van der Waals surface area contributed by atoms with Crippen molar-refractivity contribution in [3.05, 3.63) is 98.3 Å². The van der Waals surface area contributed by atoms with Crippen LogP contribution in [-0.2, 0) is 19.5 Å². The molecule has 3 aromatic rings. The molecule has 0 bridgehead atoms. The zero-order valence-electron chi connectivity index (χ0n) is 19.6. The van der Waals surface area contributed by atoms with Crippen LogP contribution < -0.4 is 11.4 Å². The van der Waals surface area contributed by atoms with Gasteiger partial charge in [-0.3, -0.25) is 14.3 Å². The first kappa shape index (κ1) is 23.4. The molecule has 35 heavy (non-hydrogen) atoms. The average molecular weight is 477 g/mol. The summed E-state index contributed by atoms with van der Waals surface area (Å²) in [4.78, 5) is 45.4. The van der Waals surface area contributed by atoms with Gasteiger partial charge in [0.1, 0.15) is 11.6 Å². The molecule has 2 aromatic carbocycles. The maximum absolute atomic E-state index is 13.3. The smallest absolute Gasteiger partial charge is 0.295 e. The van der Waals surface area contributed by atoms with Crippen LogP contribution in [0.5, 0.6) is 0 Å². The average Bonchev–Trinajstić information content (AvgIpc) is 2.89. The van der Waals surface area contributed by atoms with E-state index >= 15 is 0 Å². The minimum atomic E-state index is -0.495. The van der Waals surface area contributed by atoms with Gasteiger partial charge in [0.2, 0.25) is 0 Å². The lowest BCUT2D eigenvalue weighted by molar-refractivity contribution is 0.0768. The Labute approximate surface area is 202 Å². The minimum Gasteiger partial charge on any atom is -0.295 e. The summed E-state index contributed by atoms with van der Waals surface area (Å²) in [6, 6.07) is 15.4. The molecule has 3 heterocycles. The highest BCUT2D eigenvalue weighted by molar-refractivity contribution is 5.97. The minimum absolute atomic E-state index is 0.0364. The zero-order valence-corrected chi connectivity index (χ0v) is 19.6. The molecule has 1 saturated heterocycles. The summed E-state index contributed by atoms with van der Waals surface area (Å²) >= 11 is 0. The summed E-state index contributed by atoms with van der Waals surface area (Å²) in [6.07, 6.45) is 3.83. The number of piperidine rings is 1. The fraction of sp³-hybridized carbons (Fsp3) is 0.407. The Morgan fingerprint density at radius 2 is 1.69 bits per heavy atom. The van der Waals surface area contributed by atoms with E-state index in [4.69, 9.17) is 0 Å². The Kier molecular flexibility index (Phi) is 6.72. The second kappa shape index (κ2) is 10.1. The van der Waals surface area contributed by atoms with Crippen LogP contribution in [0.3, 0.4) is 0 Å². The van der Waals surface area contributed by atoms with Gasteiger partial charge >= 0.3 is 11.4 Å². The number of aryl methyl sites for hydroxylation is 1. The number of fused-ring (bicyclic) bond motifs is 1. The topological polar surface area (TPSA) is 77.2 Å². The molecule has 182 valence electrons. The number of carbonyl (C=O) groups excluding carboxylic acids is 1. The number of rotatable bonds is 6. The normalized spacial score (nSPS) is 17.6. The third kappa shape index (κ3) is 4.89. The molecule has 2 aliphatic heterocycles. The Hall–Kier alpha value is -3.39. The van der Waals surface area contributed by atoms with E-state index in [-0.39, 0.29) is 35.8 Å². The number of Topliss-reactive ketones (excluding diaryl/α,β-unsaturated/α-hetero) is 1. The highest BCUT2D eigenvalue weighted by Gasteiger charge is 2.31. The number of aromatic nitrogens is 3. The first-order valence-corrected chi connectivity index (χ1v) is 12.3. The lowest BCUT2D eigenvalue weighted by atomic mass is 9.87. The summed E-state index contributed by atoms with van der Waals surface area (Å²) in [5, 5.41) is 0. The zero-order chi connectivity index (χ0) is 24.4. The molecular weight excluding hydrogens is 447 g/mol. The number of ketones is 1. The van der Waals surface area contributed by atoms with Crippen molar-refractivity contribution in [2.75, 3.05) is 13.1 Å². The quantitative estimate of drug-likeness (QED) is 0.511. The van der Waals surface area contributed by atoms with Crippen LogP contribution in [-0.4, -0.2) is 37.9 Å². The highest BCUT2D eigenvalue weighted by Crippen LogP contribution is 2.29. The fourth-order valence-electron chi connectivity index (χ4n) is 5.30. The van der Waals surface area contributed by atoms with Crippen molar-refractivity contribution < 1.29 is 9.18 Å². The SMILES string of the molecule is O=C(c1ccc(F)cc1)C1CCN(C(Cn2c(=O)nc3n(c2=O)CCCC3)c2ccccc2)CC1. The van der Waals surface area contributed by atoms with Crippen LogP contribution in [0, 0.1) is 11.7 Å². The number of nitrogens with zero attached hydrogens (tertiary/aromatic N) is 4. The van der Waals surface area contributed by atoms with Gasteiger partial charge in [-0.1, -0.05) is 30.3 Å². The molecule has 5 rings (SSSR count). The van der Waals surface area contributed by atoms with E-state index in [1.807, 2.05) is 30.3 Å². The Balaban J connectivity index is 1.38. The predicted molar refractivity (Wildman–Crippen MR) is 130 cm³/mol. The second-order valence-electron chi connectivity index (χ2n) is 9.42. The number of benzene rings is 2. The lowest BCUT2D eigenvalue weighted by Crippen LogP contribution is -2.48. The van der Waals surface area contributed by atoms with E-state index in [0.29, 0.717) is 50.3 Å². The Bertz CT molecular complexity index is 1310. The van der Waals surface area contributed by atoms with Crippen molar-refractivity contribution in [3.63, 3.8) is 0 Å². The number of likely N-dealkylation sites (tertiary alicyclic amines) is 1. The van der Waals surface area contributed by atoms with Crippen molar-refractivity contribution in [2.24, 2.45) is 5.92 Å². The maximum Gasteiger partial charge on any atom is 0.353 e. The predicted octanol–water partition coefficient (Wildman–Crippen LogP) is 3.22. The molecule has 1 atom stereocenters. The Morgan fingerprint density at radius 1 is 0.971 bits per heavy atom. The monoisotopic (exact) mass is 476 g/mol. The van der Waals surface area contributed by atoms with Crippen molar-refractivity contribution in [1.82, 2.24) is 19.0 Å². The number of halogens is 1. The lowest BCUT2D eigenvalue weighted by Gasteiger charge is -2.37. The largest absolute Gasteiger partial charge is 0.353 e. The van der Waals surface area contributed by atoms with E-state index < -0.39 is 5.69 Å². The van der Waals surface area contributed by atoms with Crippen molar-refractivity contribution >= 4 is 5.78 Å². The molecule has 0 saturated carbocycles. The molecule has 0 radical (unpaired) electrons. The van der Waals surface area contributed by atoms with Gasteiger partial charge in [0, 0.05) is 24.4 Å². The molecule has 0 amide bonds. The molecule has 0 N–H and O–H groups in total. The molecule has 1 fully saturated rings. The number of hydrogen-bond donors (Lipinski definition) is 0. The van der Waals surface area contributed by atoms with Crippen molar-refractivity contribution in [1.29, 1.82) is 0 Å². The summed E-state index contributed by atoms with van der Waals surface area (Å²) in [5.41, 5.74) is 0.765. The van der Waals surface area contributed by atoms with Crippen LogP contribution in [0.1, 0.15) is 53.5 Å². The number of hydrogen-bond acceptors (Lipinski definition) is 5. The van der Waals surface area contributed by atoms with Gasteiger partial charge in [0.15, 0.2) is 5.78 Å². The standard InChI is InChI=1S/C27H29FN4O3/c28-22-11-9-20(10-12-22)25(33)21-13-16-30(17-14-21)23(19-6-2-1-3-7-19)18-32-26(34)29-24-8-4-5-15-31(24)27(32)35/h1-3,6-7,9-12,21,23H,4-5,8,13-18H2. The van der Waals surface area contributed by atoms with Crippen LogP contribution in [0.15, 0.2) is 64.2 Å². The van der Waals surface area contributed by atoms with E-state index in [1.54, 1.807) is 16.7 Å². The summed E-state index contributed by atoms with van der Waals surface area (Å²) in [6.45, 7) is 2.12. The van der Waals surface area contributed by atoms with Gasteiger partial charge in [-0.05, 0) is 68.6 Å². The van der Waals surface area contributed by atoms with E-state index in [1.165, 1.54) is 16.7 Å². The summed E-state index contributed by atoms with van der Waals surface area (Å²) < 4.78 is 16.2. The Morgan fingerprint density at radius 3 is 2.40 bits per heavy atom. The summed E-state index contributed by atoms with van der Waals surface area (Å²) in [7, 11) is 0. The van der Waals surface area contributed by atoms with Crippen LogP contribution >= 0.6 is 0 Å². The fourth-order valence-corrected chi connectivity index (χ4v) is 5.30.